The highest BCUT2D eigenvalue weighted by molar-refractivity contribution is 6.09. The minimum atomic E-state index is -2.09. The summed E-state index contributed by atoms with van der Waals surface area (Å²) in [6, 6.07) is 4.94. The Morgan fingerprint density at radius 2 is 1.87 bits per heavy atom. The highest BCUT2D eigenvalue weighted by Crippen LogP contribution is 2.36. The van der Waals surface area contributed by atoms with Crippen molar-refractivity contribution in [1.29, 1.82) is 0 Å². The molecule has 14 nitrogen and oxygen atoms in total. The number of carbonyl (C=O) groups is 5. The molecule has 1 aromatic heterocycles. The average Bonchev–Trinajstić information content (AvgIpc) is 3.58. The van der Waals surface area contributed by atoms with E-state index in [9.17, 15) is 29.1 Å². The topological polar surface area (TPSA) is 168 Å². The first-order chi connectivity index (χ1) is 21.6. The second kappa shape index (κ2) is 11.7. The summed E-state index contributed by atoms with van der Waals surface area (Å²) in [5, 5.41) is 12.4. The third-order valence-electron chi connectivity index (χ3n) is 7.93. The number of hydrogen-bond acceptors (Lipinski definition) is 10. The number of anilines is 1. The van der Waals surface area contributed by atoms with Gasteiger partial charge in [0.2, 0.25) is 5.91 Å². The number of methoxy groups -OCH3 is 1. The fraction of sp³-hybridized carbons (Fsp3) is 0.419. The van der Waals surface area contributed by atoms with E-state index in [1.165, 1.54) is 41.2 Å². The number of aliphatic hydroxyl groups is 1. The van der Waals surface area contributed by atoms with E-state index in [0.717, 1.165) is 0 Å². The Kier molecular flexibility index (Phi) is 8.23. The van der Waals surface area contributed by atoms with E-state index in [-0.39, 0.29) is 59.8 Å². The van der Waals surface area contributed by atoms with Gasteiger partial charge >= 0.3 is 12.0 Å². The fourth-order valence-electron chi connectivity index (χ4n) is 5.36. The average molecular weight is 640 g/mol. The molecule has 0 aliphatic carbocycles. The molecule has 3 aliphatic heterocycles. The zero-order valence-corrected chi connectivity index (χ0v) is 26.0. The van der Waals surface area contributed by atoms with Crippen molar-refractivity contribution in [3.8, 4) is 11.5 Å². The number of aromatic nitrogens is 1. The minimum Gasteiger partial charge on any atom is -0.494 e. The van der Waals surface area contributed by atoms with Gasteiger partial charge in [0.05, 0.1) is 49.4 Å². The van der Waals surface area contributed by atoms with Crippen LogP contribution in [0.15, 0.2) is 36.6 Å². The number of imide groups is 1. The molecule has 2 fully saturated rings. The third kappa shape index (κ3) is 5.62. The number of amides is 5. The van der Waals surface area contributed by atoms with Crippen LogP contribution in [0, 0.1) is 18.2 Å². The lowest BCUT2D eigenvalue weighted by Gasteiger charge is -2.32. The van der Waals surface area contributed by atoms with Crippen LogP contribution in [0.1, 0.15) is 48.8 Å². The van der Waals surface area contributed by atoms with E-state index >= 15 is 4.39 Å². The molecule has 0 spiro atoms. The molecule has 3 aliphatic rings. The minimum absolute atomic E-state index is 0.0303. The molecule has 46 heavy (non-hydrogen) atoms. The molecule has 2 atom stereocenters. The highest BCUT2D eigenvalue weighted by atomic mass is 19.1. The zero-order chi connectivity index (χ0) is 33.7. The number of β-amino-alcohol motifs (C(OH)–C–C–N with tert-alkyl or cyclic N) is 1. The first kappa shape index (κ1) is 32.3. The Labute approximate surface area is 263 Å². The lowest BCUT2D eigenvalue weighted by molar-refractivity contribution is -0.158. The summed E-state index contributed by atoms with van der Waals surface area (Å²) < 4.78 is 31.4. The predicted octanol–water partition coefficient (Wildman–Crippen LogP) is 2.02. The number of halogens is 1. The number of rotatable bonds is 9. The molecule has 2 N–H and O–H groups in total. The number of aliphatic hydroxyl groups excluding tert-OH is 1. The van der Waals surface area contributed by atoms with Gasteiger partial charge in [-0.1, -0.05) is 12.6 Å². The van der Waals surface area contributed by atoms with Crippen molar-refractivity contribution in [3.63, 3.8) is 0 Å². The summed E-state index contributed by atoms with van der Waals surface area (Å²) in [5.74, 6) is -3.54. The highest BCUT2D eigenvalue weighted by Gasteiger charge is 2.57. The number of benzene rings is 1. The number of aryl methyl sites for hydroxylation is 1. The normalized spacial score (nSPS) is 21.1. The molecular weight excluding hydrogens is 605 g/mol. The van der Waals surface area contributed by atoms with Crippen LogP contribution in [-0.2, 0) is 25.7 Å². The van der Waals surface area contributed by atoms with Crippen molar-refractivity contribution in [2.24, 2.45) is 5.41 Å². The summed E-state index contributed by atoms with van der Waals surface area (Å²) in [5.41, 5.74) is -2.62. The van der Waals surface area contributed by atoms with Gasteiger partial charge in [-0.3, -0.25) is 24.1 Å². The number of carbonyl (C=O) groups excluding carboxylic acids is 5. The molecule has 1 aromatic carbocycles. The van der Waals surface area contributed by atoms with Crippen LogP contribution >= 0.6 is 0 Å². The van der Waals surface area contributed by atoms with Gasteiger partial charge in [-0.05, 0) is 51.5 Å². The SMILES string of the molecule is C=C(Oc1ccc(N2C[C@H](O)CC2=O)nc1C)[C@]1(CN2Cc3ccc(OC)c(F)c3C2=O)NC(=O)N(COC(=O)C(C)(C)C)C1=O. The van der Waals surface area contributed by atoms with E-state index in [4.69, 9.17) is 14.2 Å². The van der Waals surface area contributed by atoms with Crippen molar-refractivity contribution in [2.75, 3.05) is 31.8 Å². The van der Waals surface area contributed by atoms with Crippen LogP contribution in [0.25, 0.3) is 0 Å². The quantitative estimate of drug-likeness (QED) is 0.235. The standard InChI is InChI=1S/C31H34FN5O9/c1-16-20(9-10-22(33-16)36-13-19(38)11-23(36)39)46-17(2)31(27(41)37(29(43)34-31)15-45-28(42)30(3,4)5)14-35-12-18-7-8-21(44-6)25(32)24(18)26(35)40/h7-10,19,38H,2,11-15H2,1,3-6H3,(H,34,43)/t19-,31+/m1/s1. The van der Waals surface area contributed by atoms with Gasteiger partial charge < -0.3 is 29.5 Å². The van der Waals surface area contributed by atoms with E-state index in [1.807, 2.05) is 0 Å². The maximum absolute atomic E-state index is 15.1. The number of pyridine rings is 1. The monoisotopic (exact) mass is 639 g/mol. The first-order valence-electron chi connectivity index (χ1n) is 14.4. The molecule has 0 saturated carbocycles. The Hall–Kier alpha value is -5.05. The summed E-state index contributed by atoms with van der Waals surface area (Å²) in [4.78, 5) is 72.9. The van der Waals surface area contributed by atoms with Gasteiger partial charge in [0.1, 0.15) is 17.3 Å². The Bertz CT molecular complexity index is 1670. The number of nitrogens with zero attached hydrogens (tertiary/aromatic N) is 4. The van der Waals surface area contributed by atoms with Gasteiger partial charge in [0.25, 0.3) is 11.8 Å². The molecule has 2 saturated heterocycles. The van der Waals surface area contributed by atoms with Crippen molar-refractivity contribution in [3.05, 3.63) is 59.2 Å². The molecule has 5 amide bonds. The van der Waals surface area contributed by atoms with Gasteiger partial charge in [0.15, 0.2) is 23.8 Å². The maximum Gasteiger partial charge on any atom is 0.328 e. The van der Waals surface area contributed by atoms with Crippen LogP contribution < -0.4 is 19.7 Å². The number of esters is 1. The Balaban J connectivity index is 1.45. The van der Waals surface area contributed by atoms with Crippen LogP contribution in [0.4, 0.5) is 15.0 Å². The number of fused-ring (bicyclic) bond motifs is 1. The zero-order valence-electron chi connectivity index (χ0n) is 26.0. The lowest BCUT2D eigenvalue weighted by Crippen LogP contribution is -2.57. The smallest absolute Gasteiger partial charge is 0.328 e. The number of ether oxygens (including phenoxy) is 3. The molecule has 244 valence electrons. The number of nitrogens with one attached hydrogen (secondary N) is 1. The number of urea groups is 1. The van der Waals surface area contributed by atoms with Crippen LogP contribution in [0.3, 0.4) is 0 Å². The molecular formula is C31H34FN5O9. The van der Waals surface area contributed by atoms with E-state index in [2.05, 4.69) is 16.9 Å². The molecule has 0 bridgehead atoms. The van der Waals surface area contributed by atoms with Gasteiger partial charge in [-0.15, -0.1) is 0 Å². The van der Waals surface area contributed by atoms with Crippen molar-refractivity contribution in [2.45, 2.75) is 52.3 Å². The maximum atomic E-state index is 15.1. The molecule has 0 unspecified atom stereocenters. The summed E-state index contributed by atoms with van der Waals surface area (Å²) in [6.45, 7) is 9.08. The van der Waals surface area contributed by atoms with Gasteiger partial charge in [-0.2, -0.15) is 0 Å². The second-order valence-corrected chi connectivity index (χ2v) is 12.3. The molecule has 0 radical (unpaired) electrons. The van der Waals surface area contributed by atoms with Crippen LogP contribution in [0.2, 0.25) is 0 Å². The molecule has 15 heteroatoms. The Morgan fingerprint density at radius 3 is 2.48 bits per heavy atom. The van der Waals surface area contributed by atoms with Crippen LogP contribution in [-0.4, -0.2) is 88.2 Å². The van der Waals surface area contributed by atoms with E-state index in [1.54, 1.807) is 27.7 Å². The molecule has 2 aromatic rings. The Morgan fingerprint density at radius 1 is 1.17 bits per heavy atom. The van der Waals surface area contributed by atoms with Crippen LogP contribution in [0.5, 0.6) is 11.5 Å². The third-order valence-corrected chi connectivity index (χ3v) is 7.93. The van der Waals surface area contributed by atoms with Crippen molar-refractivity contribution in [1.82, 2.24) is 20.1 Å². The summed E-state index contributed by atoms with van der Waals surface area (Å²) in [7, 11) is 1.27. The lowest BCUT2D eigenvalue weighted by atomic mass is 9.96. The predicted molar refractivity (Wildman–Crippen MR) is 158 cm³/mol. The largest absolute Gasteiger partial charge is 0.494 e. The summed E-state index contributed by atoms with van der Waals surface area (Å²) in [6.07, 6.45) is -0.848. The van der Waals surface area contributed by atoms with Crippen molar-refractivity contribution < 1.29 is 47.7 Å². The molecule has 5 rings (SSSR count). The van der Waals surface area contributed by atoms with Gasteiger partial charge in [0, 0.05) is 6.54 Å². The fourth-order valence-corrected chi connectivity index (χ4v) is 5.36. The van der Waals surface area contributed by atoms with E-state index in [0.29, 0.717) is 10.5 Å². The number of hydrogen-bond donors (Lipinski definition) is 2. The first-order valence-corrected chi connectivity index (χ1v) is 14.4. The van der Waals surface area contributed by atoms with E-state index < -0.39 is 60.0 Å². The van der Waals surface area contributed by atoms with Crippen molar-refractivity contribution >= 4 is 35.5 Å². The second-order valence-electron chi connectivity index (χ2n) is 12.3. The van der Waals surface area contributed by atoms with Gasteiger partial charge in [-0.25, -0.2) is 19.1 Å². The summed E-state index contributed by atoms with van der Waals surface area (Å²) >= 11 is 0. The molecule has 4 heterocycles.